The lowest BCUT2D eigenvalue weighted by Gasteiger charge is -2.03. The predicted molar refractivity (Wildman–Crippen MR) is 77.8 cm³/mol. The summed E-state index contributed by atoms with van der Waals surface area (Å²) < 4.78 is 5.19. The van der Waals surface area contributed by atoms with E-state index in [4.69, 9.17) is 16.3 Å². The highest BCUT2D eigenvalue weighted by Gasteiger charge is 2.15. The molecule has 0 unspecified atom stereocenters. The summed E-state index contributed by atoms with van der Waals surface area (Å²) in [5.74, 6) is -0.316. The van der Waals surface area contributed by atoms with Gasteiger partial charge in [0.2, 0.25) is 0 Å². The Labute approximate surface area is 125 Å². The van der Waals surface area contributed by atoms with E-state index < -0.39 is 5.97 Å². The minimum atomic E-state index is -0.606. The number of hydrogen-bond acceptors (Lipinski definition) is 4. The third-order valence-electron chi connectivity index (χ3n) is 2.73. The number of nitrogens with zero attached hydrogens (tertiary/aromatic N) is 3. The van der Waals surface area contributed by atoms with Crippen LogP contribution in [0.2, 0.25) is 5.02 Å². The number of aromatic nitrogens is 3. The van der Waals surface area contributed by atoms with Gasteiger partial charge in [0.25, 0.3) is 0 Å². The van der Waals surface area contributed by atoms with Crippen LogP contribution in [0.15, 0.2) is 60.8 Å². The molecule has 1 aromatic heterocycles. The summed E-state index contributed by atoms with van der Waals surface area (Å²) in [5.41, 5.74) is 0.869. The Morgan fingerprint density at radius 1 is 1.05 bits per heavy atom. The Morgan fingerprint density at radius 3 is 2.52 bits per heavy atom. The smallest absolute Gasteiger partial charge is 0.366 e. The quantitative estimate of drug-likeness (QED) is 0.551. The molecular weight excluding hydrogens is 290 g/mol. The number of ether oxygens (including phenoxy) is 1. The molecule has 6 heteroatoms. The molecule has 0 saturated carbocycles. The van der Waals surface area contributed by atoms with E-state index in [2.05, 4.69) is 10.2 Å². The summed E-state index contributed by atoms with van der Waals surface area (Å²) in [6, 6.07) is 16.0. The van der Waals surface area contributed by atoms with Gasteiger partial charge in [0.05, 0.1) is 16.9 Å². The average Bonchev–Trinajstić information content (AvgIpc) is 3.00. The lowest BCUT2D eigenvalue weighted by atomic mass is 10.3. The van der Waals surface area contributed by atoms with E-state index >= 15 is 0 Å². The summed E-state index contributed by atoms with van der Waals surface area (Å²) >= 11 is 5.94. The van der Waals surface area contributed by atoms with Crippen LogP contribution in [0.1, 0.15) is 10.5 Å². The van der Waals surface area contributed by atoms with Gasteiger partial charge in [0, 0.05) is 0 Å². The third-order valence-corrected chi connectivity index (χ3v) is 3.04. The highest BCUT2D eigenvalue weighted by molar-refractivity contribution is 6.32. The molecule has 0 spiro atoms. The standard InChI is InChI=1S/C15H10ClN3O2/c16-12-8-4-5-9-14(12)21-15(20)13-10-17-19(18-13)11-6-2-1-3-7-11/h1-10H. The van der Waals surface area contributed by atoms with Crippen molar-refractivity contribution in [1.29, 1.82) is 0 Å². The van der Waals surface area contributed by atoms with E-state index in [0.717, 1.165) is 5.69 Å². The van der Waals surface area contributed by atoms with Crippen LogP contribution in [0, 0.1) is 0 Å². The molecule has 0 radical (unpaired) electrons. The van der Waals surface area contributed by atoms with Gasteiger partial charge in [-0.1, -0.05) is 41.9 Å². The van der Waals surface area contributed by atoms with Crippen molar-refractivity contribution in [2.45, 2.75) is 0 Å². The maximum absolute atomic E-state index is 12.0. The molecule has 0 amide bonds. The normalized spacial score (nSPS) is 10.3. The number of halogens is 1. The molecule has 0 bridgehead atoms. The second-order valence-electron chi connectivity index (χ2n) is 4.17. The van der Waals surface area contributed by atoms with Crippen molar-refractivity contribution in [3.63, 3.8) is 0 Å². The van der Waals surface area contributed by atoms with Crippen molar-refractivity contribution in [1.82, 2.24) is 15.0 Å². The molecule has 2 aromatic carbocycles. The Hall–Kier alpha value is -2.66. The molecule has 0 aliphatic carbocycles. The third kappa shape index (κ3) is 2.93. The van der Waals surface area contributed by atoms with Gasteiger partial charge in [-0.3, -0.25) is 0 Å². The van der Waals surface area contributed by atoms with Crippen LogP contribution in [-0.2, 0) is 0 Å². The highest BCUT2D eigenvalue weighted by atomic mass is 35.5. The first-order valence-electron chi connectivity index (χ1n) is 6.18. The zero-order chi connectivity index (χ0) is 14.7. The van der Waals surface area contributed by atoms with E-state index in [0.29, 0.717) is 10.8 Å². The number of carbonyl (C=O) groups is 1. The molecule has 3 rings (SSSR count). The fraction of sp³-hybridized carbons (Fsp3) is 0. The lowest BCUT2D eigenvalue weighted by molar-refractivity contribution is 0.0728. The van der Waals surface area contributed by atoms with E-state index in [1.54, 1.807) is 24.3 Å². The monoisotopic (exact) mass is 299 g/mol. The van der Waals surface area contributed by atoms with Crippen molar-refractivity contribution >= 4 is 17.6 Å². The molecule has 3 aromatic rings. The van der Waals surface area contributed by atoms with Crippen molar-refractivity contribution < 1.29 is 9.53 Å². The minimum Gasteiger partial charge on any atom is -0.420 e. The second-order valence-corrected chi connectivity index (χ2v) is 4.58. The second kappa shape index (κ2) is 5.76. The van der Waals surface area contributed by atoms with Crippen molar-refractivity contribution in [2.75, 3.05) is 0 Å². The molecule has 0 saturated heterocycles. The fourth-order valence-electron chi connectivity index (χ4n) is 1.72. The molecule has 0 fully saturated rings. The first-order valence-corrected chi connectivity index (χ1v) is 6.56. The molecular formula is C15H10ClN3O2. The lowest BCUT2D eigenvalue weighted by Crippen LogP contribution is -2.10. The zero-order valence-electron chi connectivity index (χ0n) is 10.8. The largest absolute Gasteiger partial charge is 0.420 e. The van der Waals surface area contributed by atoms with Gasteiger partial charge in [-0.25, -0.2) is 4.79 Å². The maximum Gasteiger partial charge on any atom is 0.366 e. The zero-order valence-corrected chi connectivity index (χ0v) is 11.6. The number of esters is 1. The summed E-state index contributed by atoms with van der Waals surface area (Å²) in [7, 11) is 0. The number of para-hydroxylation sites is 2. The highest BCUT2D eigenvalue weighted by Crippen LogP contribution is 2.23. The Balaban J connectivity index is 1.80. The van der Waals surface area contributed by atoms with E-state index in [-0.39, 0.29) is 5.69 Å². The van der Waals surface area contributed by atoms with Gasteiger partial charge in [-0.15, -0.1) is 5.10 Å². The number of hydrogen-bond donors (Lipinski definition) is 0. The number of rotatable bonds is 3. The average molecular weight is 300 g/mol. The van der Waals surface area contributed by atoms with Gasteiger partial charge in [0.15, 0.2) is 5.69 Å². The SMILES string of the molecule is O=C(Oc1ccccc1Cl)c1cnn(-c2ccccc2)n1. The van der Waals surface area contributed by atoms with E-state index in [1.165, 1.54) is 11.0 Å². The van der Waals surface area contributed by atoms with E-state index in [1.807, 2.05) is 30.3 Å². The Bertz CT molecular complexity index is 771. The number of carbonyl (C=O) groups excluding carboxylic acids is 1. The fourth-order valence-corrected chi connectivity index (χ4v) is 1.90. The van der Waals surface area contributed by atoms with Crippen LogP contribution in [0.25, 0.3) is 5.69 Å². The molecule has 5 nitrogen and oxygen atoms in total. The first-order chi connectivity index (χ1) is 10.2. The van der Waals surface area contributed by atoms with Crippen LogP contribution >= 0.6 is 11.6 Å². The summed E-state index contributed by atoms with van der Waals surface area (Å²) in [4.78, 5) is 13.4. The van der Waals surface area contributed by atoms with Crippen LogP contribution in [0.5, 0.6) is 5.75 Å². The van der Waals surface area contributed by atoms with Gasteiger partial charge >= 0.3 is 5.97 Å². The Morgan fingerprint density at radius 2 is 1.76 bits per heavy atom. The predicted octanol–water partition coefficient (Wildman–Crippen LogP) is 3.14. The minimum absolute atomic E-state index is 0.110. The van der Waals surface area contributed by atoms with Crippen LogP contribution < -0.4 is 4.74 Å². The maximum atomic E-state index is 12.0. The van der Waals surface area contributed by atoms with Crippen molar-refractivity contribution in [3.8, 4) is 11.4 Å². The Kier molecular flexibility index (Phi) is 3.66. The van der Waals surface area contributed by atoms with Gasteiger partial charge in [-0.05, 0) is 24.3 Å². The summed E-state index contributed by atoms with van der Waals surface area (Å²) in [6.45, 7) is 0. The topological polar surface area (TPSA) is 57.0 Å². The number of benzene rings is 2. The van der Waals surface area contributed by atoms with Gasteiger partial charge in [0.1, 0.15) is 5.75 Å². The van der Waals surface area contributed by atoms with Crippen LogP contribution in [0.3, 0.4) is 0 Å². The first kappa shape index (κ1) is 13.3. The van der Waals surface area contributed by atoms with Gasteiger partial charge < -0.3 is 4.74 Å². The molecule has 0 atom stereocenters. The summed E-state index contributed by atoms with van der Waals surface area (Å²) in [5, 5.41) is 8.50. The summed E-state index contributed by atoms with van der Waals surface area (Å²) in [6.07, 6.45) is 1.35. The van der Waals surface area contributed by atoms with E-state index in [9.17, 15) is 4.79 Å². The van der Waals surface area contributed by atoms with Gasteiger partial charge in [-0.2, -0.15) is 9.90 Å². The molecule has 21 heavy (non-hydrogen) atoms. The molecule has 104 valence electrons. The van der Waals surface area contributed by atoms with Crippen LogP contribution in [0.4, 0.5) is 0 Å². The molecule has 0 aliphatic heterocycles. The van der Waals surface area contributed by atoms with Crippen LogP contribution in [-0.4, -0.2) is 21.0 Å². The molecule has 1 heterocycles. The van der Waals surface area contributed by atoms with Crippen molar-refractivity contribution in [2.24, 2.45) is 0 Å². The molecule has 0 N–H and O–H groups in total. The van der Waals surface area contributed by atoms with Crippen molar-refractivity contribution in [3.05, 3.63) is 71.5 Å². The molecule has 0 aliphatic rings.